The number of hydrogen-bond donors (Lipinski definition) is 0. The van der Waals surface area contributed by atoms with E-state index in [1.165, 1.54) is 11.8 Å². The minimum absolute atomic E-state index is 0.0128. The summed E-state index contributed by atoms with van der Waals surface area (Å²) in [5.74, 6) is 2.15. The van der Waals surface area contributed by atoms with Gasteiger partial charge in [-0.05, 0) is 39.0 Å². The third kappa shape index (κ3) is 3.87. The maximum absolute atomic E-state index is 11.9. The second kappa shape index (κ2) is 7.24. The zero-order valence-electron chi connectivity index (χ0n) is 12.9. The number of benzene rings is 1. The van der Waals surface area contributed by atoms with Crippen LogP contribution in [0.15, 0.2) is 27.7 Å². The lowest BCUT2D eigenvalue weighted by molar-refractivity contribution is 0.101. The molecule has 0 fully saturated rings. The van der Waals surface area contributed by atoms with E-state index in [4.69, 9.17) is 4.74 Å². The summed E-state index contributed by atoms with van der Waals surface area (Å²) >= 11 is 4.99. The van der Waals surface area contributed by atoms with Gasteiger partial charge in [0, 0.05) is 15.8 Å². The minimum atomic E-state index is -0.0128. The number of rotatable bonds is 5. The van der Waals surface area contributed by atoms with Crippen LogP contribution in [0.5, 0.6) is 5.75 Å². The normalized spacial score (nSPS) is 10.6. The fourth-order valence-corrected chi connectivity index (χ4v) is 3.76. The van der Waals surface area contributed by atoms with E-state index in [1.807, 2.05) is 32.0 Å². The van der Waals surface area contributed by atoms with E-state index in [2.05, 4.69) is 25.9 Å². The summed E-state index contributed by atoms with van der Waals surface area (Å²) in [6, 6.07) is 5.87. The second-order valence-electron chi connectivity index (χ2n) is 4.84. The zero-order chi connectivity index (χ0) is 16.3. The van der Waals surface area contributed by atoms with Crippen molar-refractivity contribution in [3.63, 3.8) is 0 Å². The van der Waals surface area contributed by atoms with Gasteiger partial charge in [-0.25, -0.2) is 9.97 Å². The van der Waals surface area contributed by atoms with Gasteiger partial charge in [-0.1, -0.05) is 15.9 Å². The summed E-state index contributed by atoms with van der Waals surface area (Å²) in [5.41, 5.74) is 2.37. The van der Waals surface area contributed by atoms with Crippen LogP contribution >= 0.6 is 27.7 Å². The smallest absolute Gasteiger partial charge is 0.164 e. The van der Waals surface area contributed by atoms with Crippen molar-refractivity contribution in [3.05, 3.63) is 45.3 Å². The first-order valence-corrected chi connectivity index (χ1v) is 8.51. The molecule has 1 heterocycles. The summed E-state index contributed by atoms with van der Waals surface area (Å²) in [4.78, 5) is 20.6. The van der Waals surface area contributed by atoms with Crippen molar-refractivity contribution in [2.75, 3.05) is 7.11 Å². The molecule has 0 radical (unpaired) electrons. The second-order valence-corrected chi connectivity index (χ2v) is 6.72. The number of methoxy groups -OCH3 is 1. The maximum atomic E-state index is 11.9. The highest BCUT2D eigenvalue weighted by Gasteiger charge is 2.16. The Kier molecular flexibility index (Phi) is 5.58. The highest BCUT2D eigenvalue weighted by atomic mass is 79.9. The number of carbonyl (C=O) groups is 1. The van der Waals surface area contributed by atoms with E-state index in [9.17, 15) is 4.79 Å². The first-order valence-electron chi connectivity index (χ1n) is 6.73. The number of thioether (sulfide) groups is 1. The summed E-state index contributed by atoms with van der Waals surface area (Å²) in [6.07, 6.45) is 0. The van der Waals surface area contributed by atoms with Gasteiger partial charge in [0.15, 0.2) is 5.78 Å². The van der Waals surface area contributed by atoms with E-state index in [0.717, 1.165) is 26.5 Å². The number of aromatic nitrogens is 2. The van der Waals surface area contributed by atoms with E-state index >= 15 is 0 Å². The van der Waals surface area contributed by atoms with Gasteiger partial charge < -0.3 is 4.74 Å². The van der Waals surface area contributed by atoms with Crippen LogP contribution in [0.1, 0.15) is 34.4 Å². The molecule has 0 spiro atoms. The van der Waals surface area contributed by atoms with Crippen molar-refractivity contribution in [2.45, 2.75) is 31.6 Å². The van der Waals surface area contributed by atoms with Crippen LogP contribution in [0, 0.1) is 13.8 Å². The molecular weight excluding hydrogens is 364 g/mol. The van der Waals surface area contributed by atoms with E-state index < -0.39 is 0 Å². The van der Waals surface area contributed by atoms with E-state index in [-0.39, 0.29) is 5.78 Å². The molecule has 6 heteroatoms. The zero-order valence-corrected chi connectivity index (χ0v) is 15.3. The van der Waals surface area contributed by atoms with Crippen LogP contribution < -0.4 is 4.74 Å². The van der Waals surface area contributed by atoms with Gasteiger partial charge in [0.05, 0.1) is 18.4 Å². The lowest BCUT2D eigenvalue weighted by atomic mass is 10.2. The van der Waals surface area contributed by atoms with Crippen LogP contribution in [0.25, 0.3) is 0 Å². The number of halogens is 1. The first kappa shape index (κ1) is 17.0. The van der Waals surface area contributed by atoms with Crippen molar-refractivity contribution in [2.24, 2.45) is 0 Å². The maximum Gasteiger partial charge on any atom is 0.164 e. The molecule has 0 aliphatic carbocycles. The summed E-state index contributed by atoms with van der Waals surface area (Å²) in [6.45, 7) is 5.22. The number of aryl methyl sites for hydroxylation is 2. The Labute approximate surface area is 142 Å². The van der Waals surface area contributed by atoms with Gasteiger partial charge in [0.2, 0.25) is 0 Å². The molecule has 0 unspecified atom stereocenters. The molecule has 0 aliphatic rings. The summed E-state index contributed by atoms with van der Waals surface area (Å²) in [7, 11) is 1.65. The third-order valence-corrected chi connectivity index (χ3v) is 4.64. The Bertz CT molecular complexity index is 720. The molecule has 0 bridgehead atoms. The summed E-state index contributed by atoms with van der Waals surface area (Å²) < 4.78 is 6.37. The lowest BCUT2D eigenvalue weighted by Crippen LogP contribution is -2.06. The van der Waals surface area contributed by atoms with Gasteiger partial charge in [-0.2, -0.15) is 0 Å². The van der Waals surface area contributed by atoms with Gasteiger partial charge in [0.1, 0.15) is 16.6 Å². The molecule has 0 saturated carbocycles. The monoisotopic (exact) mass is 380 g/mol. The highest BCUT2D eigenvalue weighted by Crippen LogP contribution is 2.31. The molecule has 22 heavy (non-hydrogen) atoms. The number of ether oxygens (including phenoxy) is 1. The molecule has 1 aromatic carbocycles. The molecule has 4 nitrogen and oxygen atoms in total. The van der Waals surface area contributed by atoms with E-state index in [1.54, 1.807) is 14.0 Å². The molecule has 1 aromatic heterocycles. The largest absolute Gasteiger partial charge is 0.496 e. The fourth-order valence-electron chi connectivity index (χ4n) is 2.20. The Balaban J connectivity index is 2.33. The van der Waals surface area contributed by atoms with Crippen LogP contribution in [-0.4, -0.2) is 22.9 Å². The standard InChI is InChI=1S/C16H17BrN2O2S/c1-9-15(10(2)20)16(19-11(3)18-9)22-8-12-7-13(17)5-6-14(12)21-4/h5-7H,8H2,1-4H3. The van der Waals surface area contributed by atoms with E-state index in [0.29, 0.717) is 17.1 Å². The summed E-state index contributed by atoms with van der Waals surface area (Å²) in [5, 5.41) is 0.722. The van der Waals surface area contributed by atoms with Gasteiger partial charge in [-0.3, -0.25) is 4.79 Å². The highest BCUT2D eigenvalue weighted by molar-refractivity contribution is 9.10. The van der Waals surface area contributed by atoms with Crippen molar-refractivity contribution < 1.29 is 9.53 Å². The number of Topliss-reactive ketones (excluding diaryl/α,β-unsaturated/α-hetero) is 1. The van der Waals surface area contributed by atoms with Crippen molar-refractivity contribution in [3.8, 4) is 5.75 Å². The Morgan fingerprint density at radius 1 is 1.32 bits per heavy atom. The van der Waals surface area contributed by atoms with Crippen LogP contribution in [0.3, 0.4) is 0 Å². The molecule has 0 atom stereocenters. The third-order valence-electron chi connectivity index (χ3n) is 3.13. The van der Waals surface area contributed by atoms with Crippen LogP contribution in [-0.2, 0) is 5.75 Å². The number of ketones is 1. The van der Waals surface area contributed by atoms with Gasteiger partial charge in [0.25, 0.3) is 0 Å². The molecule has 2 aromatic rings. The van der Waals surface area contributed by atoms with Crippen LogP contribution in [0.2, 0.25) is 0 Å². The molecule has 0 N–H and O–H groups in total. The molecule has 2 rings (SSSR count). The predicted octanol–water partition coefficient (Wildman–Crippen LogP) is 4.36. The topological polar surface area (TPSA) is 52.1 Å². The number of nitrogens with zero attached hydrogens (tertiary/aromatic N) is 2. The molecule has 0 aliphatic heterocycles. The molecule has 0 saturated heterocycles. The SMILES string of the molecule is COc1ccc(Br)cc1CSc1nc(C)nc(C)c1C(C)=O. The van der Waals surface area contributed by atoms with Crippen LogP contribution in [0.4, 0.5) is 0 Å². The Morgan fingerprint density at radius 3 is 2.68 bits per heavy atom. The van der Waals surface area contributed by atoms with Crippen molar-refractivity contribution >= 4 is 33.5 Å². The molecular formula is C16H17BrN2O2S. The number of carbonyl (C=O) groups excluding carboxylic acids is 1. The molecule has 0 amide bonds. The van der Waals surface area contributed by atoms with Gasteiger partial charge in [-0.15, -0.1) is 11.8 Å². The quantitative estimate of drug-likeness (QED) is 0.438. The Morgan fingerprint density at radius 2 is 2.05 bits per heavy atom. The van der Waals surface area contributed by atoms with Gasteiger partial charge >= 0.3 is 0 Å². The lowest BCUT2D eigenvalue weighted by Gasteiger charge is -2.11. The number of hydrogen-bond acceptors (Lipinski definition) is 5. The Hall–Kier alpha value is -1.40. The van der Waals surface area contributed by atoms with Crippen molar-refractivity contribution in [1.29, 1.82) is 0 Å². The molecule has 116 valence electrons. The average Bonchev–Trinajstić information content (AvgIpc) is 2.44. The average molecular weight is 381 g/mol. The minimum Gasteiger partial charge on any atom is -0.496 e. The fraction of sp³-hybridized carbons (Fsp3) is 0.312. The van der Waals surface area contributed by atoms with Crippen molar-refractivity contribution in [1.82, 2.24) is 9.97 Å². The first-order chi connectivity index (χ1) is 10.4. The predicted molar refractivity (Wildman–Crippen MR) is 91.8 cm³/mol.